The Labute approximate surface area is 899 Å². The van der Waals surface area contributed by atoms with Crippen LogP contribution in [0, 0.1) is 76.9 Å². The van der Waals surface area contributed by atoms with E-state index in [9.17, 15) is 25.5 Å². The molecule has 13 nitrogen and oxygen atoms in total. The molecule has 0 heterocycles. The molecule has 0 amide bonds. The van der Waals surface area contributed by atoms with Crippen molar-refractivity contribution in [2.45, 2.75) is 428 Å². The van der Waals surface area contributed by atoms with Crippen molar-refractivity contribution < 1.29 is 63.4 Å². The van der Waals surface area contributed by atoms with E-state index in [0.717, 1.165) is 219 Å². The molecule has 13 heteroatoms. The second-order valence-electron chi connectivity index (χ2n) is 45.7. The predicted molar refractivity (Wildman–Crippen MR) is 616 cm³/mol. The summed E-state index contributed by atoms with van der Waals surface area (Å²) < 4.78 is 47.2. The summed E-state index contributed by atoms with van der Waals surface area (Å²) in [5.41, 5.74) is 9.12. The maximum Gasteiger partial charge on any atom is 0.119 e. The fourth-order valence-corrected chi connectivity index (χ4v) is 21.8. The highest BCUT2D eigenvalue weighted by atomic mass is 16.5. The Kier molecular flexibility index (Phi) is 59.1. The molecule has 9 aliphatic carbocycles. The first-order valence-corrected chi connectivity index (χ1v) is 60.5. The fourth-order valence-electron chi connectivity index (χ4n) is 21.8. The van der Waals surface area contributed by atoms with Crippen LogP contribution in [0.2, 0.25) is 0 Å². The molecule has 0 spiro atoms. The lowest BCUT2D eigenvalue weighted by atomic mass is 9.86. The number of benzene rings is 8. The van der Waals surface area contributed by atoms with Crippen molar-refractivity contribution in [1.82, 2.24) is 0 Å². The average Bonchev–Trinajstić information content (AvgIpc) is 1.67. The van der Waals surface area contributed by atoms with E-state index in [1.807, 2.05) is 121 Å². The molecule has 10 atom stereocenters. The van der Waals surface area contributed by atoms with Crippen LogP contribution in [0.3, 0.4) is 0 Å². The van der Waals surface area contributed by atoms with Crippen LogP contribution in [-0.2, 0) is 19.3 Å². The standard InChI is InChI=1S/C19H30O2.C19H30O.C18H26O2.2C18H28O2.C15H22O.C14H20O2.C14H20O/c1-3-16(4-2)19(20)17-11-8-12-18(13-17)21-14-15-9-6-5-7-10-15;1-2-3-10-17-13-9-14-19(15-17)20-16-18-11-7-5-4-6-8-12-18;1-2-4-18(19)15-5-3-6-17(11-15)20-12-16-10-13-7-8-14(16)9-13;2*1-3-14(2)18(19)16-10-7-11-17(12-16)20-13-15-8-5-4-6-9-15;1-2-3-6-13-7-5-10-15(11-13)16-12-14-8-4-9-14;1-2-4-14(15)12-5-3-6-13(9-12)16-10-11-7-8-11;1-2-3-5-12-6-4-7-14(10-12)15-11-13-8-9-13/h8,11-13,15-16,19-20H,3-7,9-10,14H2,1-2H3;9,13-15,18H,2-8,10-12,16H2,1H3;3,5-6,11,13-14,16,18-19H,2,4,7-10,12H2,1H3;2*7,10-12,14-15,18-19H,3-6,8-9,13H2,1-2H3;5,7,10-11,14H,2-4,6,8-9,12H2,1H3;3,5-6,9,11,14-15H,2,4,7-8,10H2,1H3;4,6-7,10,13H,2-3,5,8-9,11H2,1H3/t19-;;;2*14-,18+;;;/m1..10.../s1. The highest BCUT2D eigenvalue weighted by molar-refractivity contribution is 5.36. The molecule has 17 rings (SSSR count). The molecule has 2 bridgehead atoms. The van der Waals surface area contributed by atoms with Crippen LogP contribution in [0.1, 0.15) is 453 Å². The molecular weight excluding hydrogens is 1830 g/mol. The Morgan fingerprint density at radius 1 is 0.243 bits per heavy atom. The first kappa shape index (κ1) is 122. The van der Waals surface area contributed by atoms with Gasteiger partial charge in [0, 0.05) is 0 Å². The number of aliphatic hydroxyl groups is 5. The van der Waals surface area contributed by atoms with E-state index >= 15 is 0 Å². The molecule has 148 heavy (non-hydrogen) atoms. The zero-order valence-corrected chi connectivity index (χ0v) is 94.4. The van der Waals surface area contributed by atoms with Crippen LogP contribution >= 0.6 is 0 Å². The molecule has 8 aromatic carbocycles. The van der Waals surface area contributed by atoms with Gasteiger partial charge in [0.15, 0.2) is 0 Å². The van der Waals surface area contributed by atoms with Crippen molar-refractivity contribution in [3.63, 3.8) is 0 Å². The number of rotatable bonds is 49. The summed E-state index contributed by atoms with van der Waals surface area (Å²) in [4.78, 5) is 0. The molecule has 9 aliphatic rings. The lowest BCUT2D eigenvalue weighted by Crippen LogP contribution is -2.19. The number of aryl methyl sites for hydroxylation is 3. The maximum absolute atomic E-state index is 10.5. The van der Waals surface area contributed by atoms with Gasteiger partial charge in [0.2, 0.25) is 0 Å². The molecule has 8 aromatic rings. The Hall–Kier alpha value is -8.04. The van der Waals surface area contributed by atoms with E-state index in [1.165, 1.54) is 286 Å². The summed E-state index contributed by atoms with van der Waals surface area (Å²) in [6.45, 7) is 30.4. The van der Waals surface area contributed by atoms with Gasteiger partial charge in [-0.15, -0.1) is 0 Å². The van der Waals surface area contributed by atoms with Crippen LogP contribution in [0.4, 0.5) is 0 Å². The maximum atomic E-state index is 10.5. The Bertz CT molecular complexity index is 4640. The summed E-state index contributed by atoms with van der Waals surface area (Å²) in [6, 6.07) is 65.7. The van der Waals surface area contributed by atoms with Crippen LogP contribution in [0.15, 0.2) is 194 Å². The summed E-state index contributed by atoms with van der Waals surface area (Å²) >= 11 is 0. The quantitative estimate of drug-likeness (QED) is 0.0244. The second-order valence-corrected chi connectivity index (χ2v) is 45.7. The van der Waals surface area contributed by atoms with Gasteiger partial charge in [-0.05, 0) is 379 Å². The minimum Gasteiger partial charge on any atom is -0.493 e. The monoisotopic (exact) mass is 2030 g/mol. The third-order valence-electron chi connectivity index (χ3n) is 33.0. The van der Waals surface area contributed by atoms with Gasteiger partial charge in [-0.25, -0.2) is 0 Å². The molecule has 9 saturated carbocycles. The Balaban J connectivity index is 0.000000173. The van der Waals surface area contributed by atoms with Crippen molar-refractivity contribution in [3.8, 4) is 46.0 Å². The number of fused-ring (bicyclic) bond motifs is 2. The van der Waals surface area contributed by atoms with E-state index in [2.05, 4.69) is 149 Å². The number of unbranched alkanes of at least 4 members (excludes halogenated alkanes) is 3. The smallest absolute Gasteiger partial charge is 0.119 e. The first-order valence-electron chi connectivity index (χ1n) is 60.5. The van der Waals surface area contributed by atoms with Crippen LogP contribution in [0.5, 0.6) is 46.0 Å². The molecule has 5 N–H and O–H groups in total. The van der Waals surface area contributed by atoms with Crippen LogP contribution < -0.4 is 37.9 Å². The molecule has 9 fully saturated rings. The van der Waals surface area contributed by atoms with Gasteiger partial charge in [-0.1, -0.05) is 334 Å². The largest absolute Gasteiger partial charge is 0.493 e. The topological polar surface area (TPSA) is 175 Å². The van der Waals surface area contributed by atoms with E-state index < -0.39 is 12.2 Å². The molecule has 0 aromatic heterocycles. The van der Waals surface area contributed by atoms with Gasteiger partial charge < -0.3 is 63.4 Å². The van der Waals surface area contributed by atoms with Crippen molar-refractivity contribution in [2.75, 3.05) is 52.9 Å². The molecule has 0 radical (unpaired) electrons. The molecular formula is C135H204O13. The average molecular weight is 2040 g/mol. The lowest BCUT2D eigenvalue weighted by molar-refractivity contribution is 0.103. The molecule has 0 aliphatic heterocycles. The lowest BCUT2D eigenvalue weighted by Gasteiger charge is -2.25. The SMILES string of the molecule is CCC(CC)[C@@H](O)c1cccc(OCC2CCCCC2)c1.CCCC(O)c1cccc(OCC2CC2)c1.CCCC(O)c1cccc(OCC2CC3CCC2C3)c1.CCCCc1cccc(OCC2CC2)c1.CCCCc1cccc(OCC2CCC2)c1.CCCCc1cccc(OCC2CCCCCCC2)c1.CC[C@@H](C)[C@H](O)c1cccc(OCC2CCCCC2)c1.CC[C@H](C)[C@@H](O)c1cccc(OCC2CCCCC2)c1. The number of hydrogen-bond donors (Lipinski definition) is 5. The fraction of sp³-hybridized carbons (Fsp3) is 0.644. The Morgan fingerprint density at radius 2 is 0.500 bits per heavy atom. The van der Waals surface area contributed by atoms with Gasteiger partial charge in [0.1, 0.15) is 46.0 Å². The third kappa shape index (κ3) is 47.7. The van der Waals surface area contributed by atoms with Crippen molar-refractivity contribution >= 4 is 0 Å². The number of aliphatic hydroxyl groups excluding tert-OH is 5. The van der Waals surface area contributed by atoms with Crippen LogP contribution in [-0.4, -0.2) is 78.4 Å². The minimum absolute atomic E-state index is 0.281. The van der Waals surface area contributed by atoms with E-state index in [4.69, 9.17) is 37.9 Å². The second kappa shape index (κ2) is 71.8. The molecule has 5 unspecified atom stereocenters. The number of ether oxygens (including phenoxy) is 8. The highest BCUT2D eigenvalue weighted by Gasteiger charge is 2.40. The predicted octanol–water partition coefficient (Wildman–Crippen LogP) is 36.0. The van der Waals surface area contributed by atoms with E-state index in [0.29, 0.717) is 23.7 Å². The minimum atomic E-state index is -0.391. The molecule has 0 saturated heterocycles. The highest BCUT2D eigenvalue weighted by Crippen LogP contribution is 2.49. The zero-order valence-electron chi connectivity index (χ0n) is 94.4. The molecule has 822 valence electrons. The normalized spacial score (nSPS) is 19.3. The summed E-state index contributed by atoms with van der Waals surface area (Å²) in [5, 5.41) is 51.0. The zero-order chi connectivity index (χ0) is 105. The summed E-state index contributed by atoms with van der Waals surface area (Å²) in [5.74, 6) is 16.6. The van der Waals surface area contributed by atoms with Crippen molar-refractivity contribution in [1.29, 1.82) is 0 Å². The van der Waals surface area contributed by atoms with Gasteiger partial charge in [-0.3, -0.25) is 0 Å². The number of hydrogen-bond acceptors (Lipinski definition) is 13. The van der Waals surface area contributed by atoms with E-state index in [-0.39, 0.29) is 30.1 Å². The third-order valence-corrected chi connectivity index (χ3v) is 33.0. The first-order chi connectivity index (χ1) is 72.3. The van der Waals surface area contributed by atoms with Gasteiger partial charge >= 0.3 is 0 Å². The van der Waals surface area contributed by atoms with Gasteiger partial charge in [0.05, 0.1) is 83.4 Å². The van der Waals surface area contributed by atoms with Crippen molar-refractivity contribution in [2.24, 2.45) is 76.9 Å². The van der Waals surface area contributed by atoms with Crippen molar-refractivity contribution in [3.05, 3.63) is 239 Å². The Morgan fingerprint density at radius 3 is 0.757 bits per heavy atom. The van der Waals surface area contributed by atoms with Gasteiger partial charge in [0.25, 0.3) is 0 Å². The summed E-state index contributed by atoms with van der Waals surface area (Å²) in [6.07, 6.45) is 61.7. The van der Waals surface area contributed by atoms with E-state index in [1.54, 1.807) is 0 Å². The van der Waals surface area contributed by atoms with Crippen LogP contribution in [0.25, 0.3) is 0 Å². The van der Waals surface area contributed by atoms with Gasteiger partial charge in [-0.2, -0.15) is 0 Å². The summed E-state index contributed by atoms with van der Waals surface area (Å²) in [7, 11) is 0.